The van der Waals surface area contributed by atoms with Crippen LogP contribution in [-0.4, -0.2) is 18.1 Å². The normalized spacial score (nSPS) is 17.5. The molecule has 0 fully saturated rings. The third kappa shape index (κ3) is 3.39. The first kappa shape index (κ1) is 16.8. The lowest BCUT2D eigenvalue weighted by atomic mass is 10.1. The van der Waals surface area contributed by atoms with Gasteiger partial charge in [0.1, 0.15) is 11.4 Å². The van der Waals surface area contributed by atoms with Crippen molar-refractivity contribution in [1.82, 2.24) is 0 Å². The van der Waals surface area contributed by atoms with E-state index in [-0.39, 0.29) is 5.91 Å². The largest absolute Gasteiger partial charge is 0.447 e. The summed E-state index contributed by atoms with van der Waals surface area (Å²) in [4.78, 5) is 15.7. The second-order valence-electron chi connectivity index (χ2n) is 5.62. The van der Waals surface area contributed by atoms with Crippen molar-refractivity contribution in [2.75, 3.05) is 5.32 Å². The molecule has 126 valence electrons. The molecule has 4 rings (SSSR count). The van der Waals surface area contributed by atoms with E-state index in [0.29, 0.717) is 5.90 Å². The van der Waals surface area contributed by atoms with Crippen LogP contribution >= 0.6 is 45.2 Å². The number of nitrogens with zero attached hydrogens (tertiary/aromatic N) is 1. The average Bonchev–Trinajstić information content (AvgIpc) is 2.96. The van der Waals surface area contributed by atoms with Gasteiger partial charge >= 0.3 is 0 Å². The molecule has 1 atom stereocenters. The number of ether oxygens (including phenoxy) is 2. The van der Waals surface area contributed by atoms with Crippen LogP contribution in [0.3, 0.4) is 0 Å². The molecule has 25 heavy (non-hydrogen) atoms. The van der Waals surface area contributed by atoms with Crippen LogP contribution in [0.15, 0.2) is 47.1 Å². The molecule has 0 saturated carbocycles. The number of carbonyl (C=O) groups is 1. The summed E-state index contributed by atoms with van der Waals surface area (Å²) in [6, 6.07) is 11.5. The molecule has 7 heteroatoms. The molecule has 2 heterocycles. The van der Waals surface area contributed by atoms with Crippen molar-refractivity contribution in [3.63, 3.8) is 0 Å². The Hall–Kier alpha value is -1.62. The first-order valence-electron chi connectivity index (χ1n) is 7.50. The van der Waals surface area contributed by atoms with Gasteiger partial charge in [0, 0.05) is 27.3 Å². The molecule has 0 unspecified atom stereocenters. The highest BCUT2D eigenvalue weighted by molar-refractivity contribution is 14.1. The number of nitrogens with one attached hydrogen (secondary N) is 1. The Balaban J connectivity index is 1.62. The highest BCUT2D eigenvalue weighted by atomic mass is 127. The number of benzene rings is 2. The van der Waals surface area contributed by atoms with E-state index >= 15 is 0 Å². The van der Waals surface area contributed by atoms with Gasteiger partial charge in [0.2, 0.25) is 11.8 Å². The van der Waals surface area contributed by atoms with Gasteiger partial charge in [-0.05, 0) is 87.7 Å². The predicted octanol–water partition coefficient (Wildman–Crippen LogP) is 4.39. The van der Waals surface area contributed by atoms with E-state index < -0.39 is 6.29 Å². The van der Waals surface area contributed by atoms with Gasteiger partial charge in [-0.3, -0.25) is 4.79 Å². The van der Waals surface area contributed by atoms with Gasteiger partial charge in [-0.15, -0.1) is 0 Å². The van der Waals surface area contributed by atoms with E-state index in [1.54, 1.807) is 0 Å². The van der Waals surface area contributed by atoms with Crippen LogP contribution in [0, 0.1) is 7.14 Å². The highest BCUT2D eigenvalue weighted by Crippen LogP contribution is 2.38. The number of anilines is 1. The van der Waals surface area contributed by atoms with E-state index in [2.05, 4.69) is 67.6 Å². The Morgan fingerprint density at radius 1 is 1.16 bits per heavy atom. The minimum Gasteiger partial charge on any atom is -0.447 e. The van der Waals surface area contributed by atoms with Crippen LogP contribution in [0.2, 0.25) is 0 Å². The number of halogens is 2. The molecule has 5 nitrogen and oxygen atoms in total. The number of amides is 1. The number of hydrogen-bond acceptors (Lipinski definition) is 4. The zero-order chi connectivity index (χ0) is 17.6. The Kier molecular flexibility index (Phi) is 4.44. The quantitative estimate of drug-likeness (QED) is 0.557. The van der Waals surface area contributed by atoms with Crippen LogP contribution in [0.5, 0.6) is 5.75 Å². The number of rotatable bonds is 2. The van der Waals surface area contributed by atoms with Crippen LogP contribution in [-0.2, 0) is 9.53 Å². The van der Waals surface area contributed by atoms with Crippen molar-refractivity contribution in [3.8, 4) is 5.75 Å². The molecular formula is C18H12I2N2O3. The smallest absolute Gasteiger partial charge is 0.286 e. The summed E-state index contributed by atoms with van der Waals surface area (Å²) in [6.45, 7) is 1.48. The maximum Gasteiger partial charge on any atom is 0.286 e. The summed E-state index contributed by atoms with van der Waals surface area (Å²) in [6.07, 6.45) is 1.48. The predicted molar refractivity (Wildman–Crippen MR) is 113 cm³/mol. The standard InChI is InChI=1S/C18H12I2N2O3/c1-9(23)21-13-4-2-10(3-5-13)17-22-15-7-11-6-12(19)8-14(20)16(11)24-18(15)25-17/h2-8,18H,1H3,(H,21,23)/t18-/m1/s1. The Morgan fingerprint density at radius 3 is 2.64 bits per heavy atom. The summed E-state index contributed by atoms with van der Waals surface area (Å²) in [5.41, 5.74) is 3.34. The van der Waals surface area contributed by atoms with Gasteiger partial charge in [-0.2, -0.15) is 0 Å². The number of aliphatic imine (C=N–C) groups is 1. The summed E-state index contributed by atoms with van der Waals surface area (Å²) in [5, 5.41) is 2.74. The van der Waals surface area contributed by atoms with Gasteiger partial charge in [0.25, 0.3) is 6.29 Å². The van der Waals surface area contributed by atoms with Crippen LogP contribution in [0.25, 0.3) is 6.08 Å². The summed E-state index contributed by atoms with van der Waals surface area (Å²) in [5.74, 6) is 1.24. The third-order valence-electron chi connectivity index (χ3n) is 3.71. The average molecular weight is 558 g/mol. The Morgan fingerprint density at radius 2 is 1.92 bits per heavy atom. The van der Waals surface area contributed by atoms with Gasteiger partial charge in [-0.25, -0.2) is 4.99 Å². The maximum absolute atomic E-state index is 11.1. The summed E-state index contributed by atoms with van der Waals surface area (Å²) in [7, 11) is 0. The molecule has 2 aromatic rings. The molecule has 0 radical (unpaired) electrons. The molecule has 2 aliphatic rings. The van der Waals surface area contributed by atoms with Gasteiger partial charge < -0.3 is 14.8 Å². The Labute approximate surface area is 171 Å². The fraction of sp³-hybridized carbons (Fsp3) is 0.111. The highest BCUT2D eigenvalue weighted by Gasteiger charge is 2.32. The minimum absolute atomic E-state index is 0.103. The van der Waals surface area contributed by atoms with E-state index in [9.17, 15) is 4.79 Å². The van der Waals surface area contributed by atoms with E-state index in [1.807, 2.05) is 30.3 Å². The van der Waals surface area contributed by atoms with E-state index in [1.165, 1.54) is 6.92 Å². The third-order valence-corrected chi connectivity index (χ3v) is 5.13. The van der Waals surface area contributed by atoms with Gasteiger partial charge in [-0.1, -0.05) is 0 Å². The second kappa shape index (κ2) is 6.60. The number of carbonyl (C=O) groups excluding carboxylic acids is 1. The van der Waals surface area contributed by atoms with Crippen molar-refractivity contribution in [2.45, 2.75) is 13.2 Å². The van der Waals surface area contributed by atoms with Gasteiger partial charge in [0.05, 0.1) is 3.57 Å². The zero-order valence-corrected chi connectivity index (χ0v) is 17.4. The second-order valence-corrected chi connectivity index (χ2v) is 8.03. The molecule has 0 spiro atoms. The first-order valence-corrected chi connectivity index (χ1v) is 9.66. The van der Waals surface area contributed by atoms with Crippen molar-refractivity contribution in [3.05, 3.63) is 60.4 Å². The van der Waals surface area contributed by atoms with Crippen molar-refractivity contribution in [1.29, 1.82) is 0 Å². The molecule has 2 aromatic carbocycles. The van der Waals surface area contributed by atoms with Crippen molar-refractivity contribution < 1.29 is 14.3 Å². The molecule has 0 aliphatic carbocycles. The zero-order valence-electron chi connectivity index (χ0n) is 13.0. The molecule has 1 amide bonds. The topological polar surface area (TPSA) is 59.9 Å². The van der Waals surface area contributed by atoms with E-state index in [0.717, 1.165) is 35.4 Å². The fourth-order valence-corrected chi connectivity index (χ4v) is 4.67. The molecule has 0 saturated heterocycles. The van der Waals surface area contributed by atoms with Crippen molar-refractivity contribution in [2.24, 2.45) is 4.99 Å². The maximum atomic E-state index is 11.1. The molecule has 2 aliphatic heterocycles. The van der Waals surface area contributed by atoms with Crippen LogP contribution < -0.4 is 10.1 Å². The lowest BCUT2D eigenvalue weighted by Gasteiger charge is -2.21. The first-order chi connectivity index (χ1) is 12.0. The number of fused-ring (bicyclic) bond motifs is 2. The molecular weight excluding hydrogens is 546 g/mol. The van der Waals surface area contributed by atoms with Crippen molar-refractivity contribution >= 4 is 68.8 Å². The number of hydrogen-bond donors (Lipinski definition) is 1. The molecule has 0 aromatic heterocycles. The lowest BCUT2D eigenvalue weighted by molar-refractivity contribution is -0.114. The van der Waals surface area contributed by atoms with Crippen LogP contribution in [0.1, 0.15) is 18.1 Å². The minimum atomic E-state index is -0.522. The lowest BCUT2D eigenvalue weighted by Crippen LogP contribution is -2.23. The van der Waals surface area contributed by atoms with E-state index in [4.69, 9.17) is 9.47 Å². The van der Waals surface area contributed by atoms with Crippen LogP contribution in [0.4, 0.5) is 5.69 Å². The Bertz CT molecular complexity index is 936. The SMILES string of the molecule is CC(=O)Nc1ccc(C2=NC3=Cc4cc(I)cc(I)c4O[C@@H]3O2)cc1. The van der Waals surface area contributed by atoms with Gasteiger partial charge in [0.15, 0.2) is 0 Å². The monoisotopic (exact) mass is 558 g/mol. The fourth-order valence-electron chi connectivity index (χ4n) is 2.65. The molecule has 1 N–H and O–H groups in total. The summed E-state index contributed by atoms with van der Waals surface area (Å²) < 4.78 is 14.1. The summed E-state index contributed by atoms with van der Waals surface area (Å²) >= 11 is 4.56. The molecule has 0 bridgehead atoms.